The molecule has 0 spiro atoms. The van der Waals surface area contributed by atoms with Crippen LogP contribution in [0.25, 0.3) is 0 Å². The Morgan fingerprint density at radius 1 is 1.17 bits per heavy atom. The van der Waals surface area contributed by atoms with Gasteiger partial charge in [0.2, 0.25) is 5.91 Å². The molecule has 1 rings (SSSR count). The summed E-state index contributed by atoms with van der Waals surface area (Å²) in [6.45, 7) is 16.2. The predicted octanol–water partition coefficient (Wildman–Crippen LogP) is 4.39. The SMILES string of the molecule is CCC(C)CNC(=NC(C)=O)NCCCCCc1csc(C(C)N(CC)CC)n1. The molecule has 1 aromatic rings. The molecule has 0 aliphatic carbocycles. The molecule has 0 radical (unpaired) electrons. The number of aromatic nitrogens is 1. The van der Waals surface area contributed by atoms with E-state index in [9.17, 15) is 4.79 Å². The Bertz CT molecular complexity index is 612. The van der Waals surface area contributed by atoms with E-state index in [0.717, 1.165) is 58.3 Å². The van der Waals surface area contributed by atoms with Crippen molar-refractivity contribution in [2.45, 2.75) is 79.7 Å². The molecular formula is C22H41N5OS. The number of unbranched alkanes of at least 4 members (excludes halogenated alkanes) is 2. The molecule has 1 heterocycles. The fourth-order valence-corrected chi connectivity index (χ4v) is 4.03. The molecule has 0 saturated heterocycles. The van der Waals surface area contributed by atoms with Crippen molar-refractivity contribution in [3.63, 3.8) is 0 Å². The Morgan fingerprint density at radius 2 is 1.90 bits per heavy atom. The van der Waals surface area contributed by atoms with Gasteiger partial charge in [-0.25, -0.2) is 4.98 Å². The van der Waals surface area contributed by atoms with Gasteiger partial charge in [0.1, 0.15) is 5.01 Å². The van der Waals surface area contributed by atoms with Gasteiger partial charge >= 0.3 is 0 Å². The maximum atomic E-state index is 11.3. The van der Waals surface area contributed by atoms with Crippen molar-refractivity contribution >= 4 is 23.2 Å². The topological polar surface area (TPSA) is 69.6 Å². The van der Waals surface area contributed by atoms with Gasteiger partial charge < -0.3 is 10.6 Å². The molecule has 0 aromatic carbocycles. The second kappa shape index (κ2) is 14.5. The lowest BCUT2D eigenvalue weighted by Gasteiger charge is -2.24. The summed E-state index contributed by atoms with van der Waals surface area (Å²) in [5.74, 6) is 0.983. The van der Waals surface area contributed by atoms with Crippen LogP contribution in [0.15, 0.2) is 10.4 Å². The predicted molar refractivity (Wildman–Crippen MR) is 125 cm³/mol. The van der Waals surface area contributed by atoms with Gasteiger partial charge in [-0.2, -0.15) is 4.99 Å². The van der Waals surface area contributed by atoms with Crippen molar-refractivity contribution in [2.24, 2.45) is 10.9 Å². The highest BCUT2D eigenvalue weighted by molar-refractivity contribution is 7.09. The number of aliphatic imine (C=N–C) groups is 1. The molecule has 29 heavy (non-hydrogen) atoms. The van der Waals surface area contributed by atoms with Crippen LogP contribution in [0.1, 0.15) is 84.0 Å². The molecule has 1 amide bonds. The number of nitrogens with one attached hydrogen (secondary N) is 2. The van der Waals surface area contributed by atoms with E-state index in [2.05, 4.69) is 60.5 Å². The third kappa shape index (κ3) is 10.2. The van der Waals surface area contributed by atoms with Gasteiger partial charge in [0.05, 0.1) is 11.7 Å². The molecule has 0 bridgehead atoms. The largest absolute Gasteiger partial charge is 0.356 e. The first-order chi connectivity index (χ1) is 13.9. The number of hydrogen-bond donors (Lipinski definition) is 2. The highest BCUT2D eigenvalue weighted by Gasteiger charge is 2.15. The Kier molecular flexibility index (Phi) is 12.8. The number of amides is 1. The number of nitrogens with zero attached hydrogens (tertiary/aromatic N) is 3. The molecule has 2 atom stereocenters. The number of aryl methyl sites for hydroxylation is 1. The minimum atomic E-state index is -0.178. The number of carbonyl (C=O) groups excluding carboxylic acids is 1. The fraction of sp³-hybridized carbons (Fsp3) is 0.773. The van der Waals surface area contributed by atoms with Crippen molar-refractivity contribution in [3.05, 3.63) is 16.1 Å². The highest BCUT2D eigenvalue weighted by atomic mass is 32.1. The van der Waals surface area contributed by atoms with E-state index in [1.54, 1.807) is 11.3 Å². The normalized spacial score (nSPS) is 14.1. The van der Waals surface area contributed by atoms with E-state index in [-0.39, 0.29) is 5.91 Å². The van der Waals surface area contributed by atoms with Crippen molar-refractivity contribution in [3.8, 4) is 0 Å². The number of thiazole rings is 1. The van der Waals surface area contributed by atoms with Crippen LogP contribution >= 0.6 is 11.3 Å². The van der Waals surface area contributed by atoms with Crippen LogP contribution in [-0.4, -0.2) is 47.9 Å². The quantitative estimate of drug-likeness (QED) is 0.280. The molecule has 7 heteroatoms. The minimum Gasteiger partial charge on any atom is -0.356 e. The third-order valence-electron chi connectivity index (χ3n) is 5.27. The van der Waals surface area contributed by atoms with E-state index in [0.29, 0.717) is 17.9 Å². The van der Waals surface area contributed by atoms with Crippen LogP contribution in [0.5, 0.6) is 0 Å². The fourth-order valence-electron chi connectivity index (χ4n) is 3.09. The summed E-state index contributed by atoms with van der Waals surface area (Å²) in [6, 6.07) is 0.398. The number of carbonyl (C=O) groups is 1. The molecule has 0 aliphatic rings. The smallest absolute Gasteiger partial charge is 0.245 e. The lowest BCUT2D eigenvalue weighted by atomic mass is 10.1. The standard InChI is InChI=1S/C22H41N5OS/c1-7-17(4)15-24-22(25-19(6)28)23-14-12-10-11-13-20-16-29-21(26-20)18(5)27(8-2)9-3/h16-18H,7-15H2,1-6H3,(H2,23,24,25,28). The third-order valence-corrected chi connectivity index (χ3v) is 6.34. The van der Waals surface area contributed by atoms with Gasteiger partial charge in [-0.3, -0.25) is 9.69 Å². The number of guanidine groups is 1. The highest BCUT2D eigenvalue weighted by Crippen LogP contribution is 2.24. The Hall–Kier alpha value is -1.47. The van der Waals surface area contributed by atoms with E-state index in [4.69, 9.17) is 4.98 Å². The maximum Gasteiger partial charge on any atom is 0.245 e. The Morgan fingerprint density at radius 3 is 2.52 bits per heavy atom. The van der Waals surface area contributed by atoms with Crippen molar-refractivity contribution in [1.29, 1.82) is 0 Å². The first-order valence-corrected chi connectivity index (χ1v) is 12.0. The molecular weight excluding hydrogens is 382 g/mol. The van der Waals surface area contributed by atoms with Crippen LogP contribution in [0.4, 0.5) is 0 Å². The lowest BCUT2D eigenvalue weighted by Crippen LogP contribution is -2.40. The Labute approximate surface area is 181 Å². The molecule has 6 nitrogen and oxygen atoms in total. The second-order valence-electron chi connectivity index (χ2n) is 7.69. The van der Waals surface area contributed by atoms with Crippen LogP contribution in [0, 0.1) is 5.92 Å². The summed E-state index contributed by atoms with van der Waals surface area (Å²) in [5, 5.41) is 9.97. The molecule has 2 unspecified atom stereocenters. The second-order valence-corrected chi connectivity index (χ2v) is 8.58. The van der Waals surface area contributed by atoms with Crippen LogP contribution < -0.4 is 10.6 Å². The van der Waals surface area contributed by atoms with Gasteiger partial charge in [0.25, 0.3) is 0 Å². The molecule has 0 aliphatic heterocycles. The number of rotatable bonds is 13. The van der Waals surface area contributed by atoms with Crippen LogP contribution in [-0.2, 0) is 11.2 Å². The van der Waals surface area contributed by atoms with Gasteiger partial charge in [-0.15, -0.1) is 11.3 Å². The summed E-state index contributed by atoms with van der Waals surface area (Å²) < 4.78 is 0. The van der Waals surface area contributed by atoms with E-state index in [1.807, 2.05) is 0 Å². The zero-order valence-electron chi connectivity index (χ0n) is 19.3. The average molecular weight is 424 g/mol. The summed E-state index contributed by atoms with van der Waals surface area (Å²) in [4.78, 5) is 22.6. The summed E-state index contributed by atoms with van der Waals surface area (Å²) in [7, 11) is 0. The van der Waals surface area contributed by atoms with Crippen LogP contribution in [0.2, 0.25) is 0 Å². The summed E-state index contributed by atoms with van der Waals surface area (Å²) >= 11 is 1.78. The van der Waals surface area contributed by atoms with E-state index in [1.165, 1.54) is 17.6 Å². The van der Waals surface area contributed by atoms with Crippen molar-refractivity contribution < 1.29 is 4.79 Å². The van der Waals surface area contributed by atoms with Gasteiger partial charge in [0, 0.05) is 25.4 Å². The minimum absolute atomic E-state index is 0.178. The van der Waals surface area contributed by atoms with Gasteiger partial charge in [-0.1, -0.05) is 40.5 Å². The van der Waals surface area contributed by atoms with Gasteiger partial charge in [0.15, 0.2) is 5.96 Å². The summed E-state index contributed by atoms with van der Waals surface area (Å²) in [6.07, 6.45) is 5.44. The summed E-state index contributed by atoms with van der Waals surface area (Å²) in [5.41, 5.74) is 1.21. The molecule has 1 aromatic heterocycles. The van der Waals surface area contributed by atoms with Crippen molar-refractivity contribution in [1.82, 2.24) is 20.5 Å². The lowest BCUT2D eigenvalue weighted by molar-refractivity contribution is -0.115. The molecule has 0 fully saturated rings. The average Bonchev–Trinajstić information content (AvgIpc) is 3.17. The van der Waals surface area contributed by atoms with Crippen LogP contribution in [0.3, 0.4) is 0 Å². The first kappa shape index (κ1) is 25.6. The van der Waals surface area contributed by atoms with Gasteiger partial charge in [-0.05, 0) is 45.2 Å². The zero-order chi connectivity index (χ0) is 21.6. The number of hydrogen-bond acceptors (Lipinski definition) is 4. The zero-order valence-corrected chi connectivity index (χ0v) is 20.1. The molecule has 2 N–H and O–H groups in total. The first-order valence-electron chi connectivity index (χ1n) is 11.2. The monoisotopic (exact) mass is 423 g/mol. The Balaban J connectivity index is 2.31. The van der Waals surface area contributed by atoms with E-state index < -0.39 is 0 Å². The molecule has 0 saturated carbocycles. The molecule has 166 valence electrons. The van der Waals surface area contributed by atoms with E-state index >= 15 is 0 Å². The maximum absolute atomic E-state index is 11.3. The van der Waals surface area contributed by atoms with Crippen molar-refractivity contribution in [2.75, 3.05) is 26.2 Å².